The van der Waals surface area contributed by atoms with E-state index >= 15 is 0 Å². The van der Waals surface area contributed by atoms with Crippen LogP contribution in [0, 0.1) is 0 Å². The van der Waals surface area contributed by atoms with Crippen molar-refractivity contribution in [1.29, 1.82) is 0 Å². The highest BCUT2D eigenvalue weighted by molar-refractivity contribution is 5.16. The van der Waals surface area contributed by atoms with E-state index in [9.17, 15) is 5.21 Å². The molecule has 0 spiro atoms. The summed E-state index contributed by atoms with van der Waals surface area (Å²) in [5.41, 5.74) is 3.19. The third kappa shape index (κ3) is 6.38. The van der Waals surface area contributed by atoms with E-state index in [4.69, 9.17) is 14.2 Å². The van der Waals surface area contributed by atoms with Crippen molar-refractivity contribution in [2.24, 2.45) is 0 Å². The summed E-state index contributed by atoms with van der Waals surface area (Å²) in [6, 6.07) is 29.6. The van der Waals surface area contributed by atoms with Gasteiger partial charge in [-0.3, -0.25) is 0 Å². The van der Waals surface area contributed by atoms with Gasteiger partial charge in [-0.25, -0.2) is 0 Å². The van der Waals surface area contributed by atoms with Crippen molar-refractivity contribution in [3.63, 3.8) is 0 Å². The van der Waals surface area contributed by atoms with E-state index in [0.717, 1.165) is 16.7 Å². The molecule has 4 atom stereocenters. The van der Waals surface area contributed by atoms with E-state index in [1.165, 1.54) is 5.06 Å². The van der Waals surface area contributed by atoms with Gasteiger partial charge in [0.2, 0.25) is 0 Å². The summed E-state index contributed by atoms with van der Waals surface area (Å²) in [5, 5.41) is 12.0. The van der Waals surface area contributed by atoms with Crippen LogP contribution in [-0.4, -0.2) is 41.2 Å². The predicted molar refractivity (Wildman–Crippen MR) is 128 cm³/mol. The fourth-order valence-corrected chi connectivity index (χ4v) is 4.10. The Kier molecular flexibility index (Phi) is 8.41. The van der Waals surface area contributed by atoms with Crippen molar-refractivity contribution in [3.05, 3.63) is 120 Å². The molecule has 0 saturated carbocycles. The molecule has 3 aromatic carbocycles. The Morgan fingerprint density at radius 2 is 1.12 bits per heavy atom. The molecule has 5 nitrogen and oxygen atoms in total. The van der Waals surface area contributed by atoms with Crippen LogP contribution in [0.2, 0.25) is 0 Å². The zero-order valence-corrected chi connectivity index (χ0v) is 18.7. The zero-order chi connectivity index (χ0) is 22.9. The molecule has 1 aliphatic rings. The summed E-state index contributed by atoms with van der Waals surface area (Å²) >= 11 is 0. The SMILES string of the molecule is C=C[C@H]1[C@H](OCc2ccccc2)[C@@H](OCc2ccccc2)[C@H](OCc2ccccc2)CN1O. The fourth-order valence-electron chi connectivity index (χ4n) is 4.10. The molecule has 0 bridgehead atoms. The maximum atomic E-state index is 10.8. The Hall–Kier alpha value is -2.80. The van der Waals surface area contributed by atoms with Gasteiger partial charge in [0.05, 0.1) is 32.4 Å². The number of hydroxylamine groups is 2. The van der Waals surface area contributed by atoms with Gasteiger partial charge in [-0.2, -0.15) is 5.06 Å². The van der Waals surface area contributed by atoms with Gasteiger partial charge in [0.1, 0.15) is 18.3 Å². The molecule has 0 amide bonds. The lowest BCUT2D eigenvalue weighted by Gasteiger charge is -2.45. The second kappa shape index (κ2) is 11.9. The highest BCUT2D eigenvalue weighted by atomic mass is 16.6. The minimum Gasteiger partial charge on any atom is -0.369 e. The van der Waals surface area contributed by atoms with Gasteiger partial charge >= 0.3 is 0 Å². The van der Waals surface area contributed by atoms with Crippen LogP contribution in [0.5, 0.6) is 0 Å². The normalized spacial score (nSPS) is 23.3. The first kappa shape index (κ1) is 23.4. The van der Waals surface area contributed by atoms with Crippen molar-refractivity contribution in [1.82, 2.24) is 5.06 Å². The molecule has 4 rings (SSSR count). The van der Waals surface area contributed by atoms with E-state index in [-0.39, 0.29) is 12.2 Å². The van der Waals surface area contributed by atoms with Gasteiger partial charge in [-0.05, 0) is 16.7 Å². The van der Waals surface area contributed by atoms with Crippen LogP contribution in [-0.2, 0) is 34.0 Å². The molecule has 172 valence electrons. The summed E-state index contributed by atoms with van der Waals surface area (Å²) in [5.74, 6) is 0. The van der Waals surface area contributed by atoms with Gasteiger partial charge in [0, 0.05) is 0 Å². The molecule has 0 radical (unpaired) electrons. The smallest absolute Gasteiger partial charge is 0.113 e. The second-order valence-corrected chi connectivity index (χ2v) is 8.21. The Morgan fingerprint density at radius 3 is 1.58 bits per heavy atom. The minimum absolute atomic E-state index is 0.300. The summed E-state index contributed by atoms with van der Waals surface area (Å²) in [7, 11) is 0. The van der Waals surface area contributed by atoms with Gasteiger partial charge in [-0.1, -0.05) is 97.1 Å². The van der Waals surface area contributed by atoms with Crippen LogP contribution in [0.25, 0.3) is 0 Å². The maximum absolute atomic E-state index is 10.8. The van der Waals surface area contributed by atoms with Crippen molar-refractivity contribution in [2.75, 3.05) is 6.54 Å². The number of nitrogens with zero attached hydrogens (tertiary/aromatic N) is 1. The second-order valence-electron chi connectivity index (χ2n) is 8.21. The summed E-state index contributed by atoms with van der Waals surface area (Å²) in [6.45, 7) is 5.49. The van der Waals surface area contributed by atoms with E-state index in [1.54, 1.807) is 6.08 Å². The Bertz CT molecular complexity index is 967. The number of benzene rings is 3. The Labute approximate surface area is 195 Å². The van der Waals surface area contributed by atoms with E-state index in [0.29, 0.717) is 26.4 Å². The third-order valence-corrected chi connectivity index (χ3v) is 5.86. The Balaban J connectivity index is 1.53. The minimum atomic E-state index is -0.453. The van der Waals surface area contributed by atoms with Crippen LogP contribution in [0.15, 0.2) is 104 Å². The molecular weight excluding hydrogens is 414 g/mol. The predicted octanol–water partition coefficient (Wildman–Crippen LogP) is 5.00. The molecule has 1 N–H and O–H groups in total. The van der Waals surface area contributed by atoms with Crippen LogP contribution < -0.4 is 0 Å². The molecule has 3 aromatic rings. The number of rotatable bonds is 10. The van der Waals surface area contributed by atoms with Gasteiger partial charge < -0.3 is 19.4 Å². The quantitative estimate of drug-likeness (QED) is 0.445. The average molecular weight is 446 g/mol. The van der Waals surface area contributed by atoms with Crippen LogP contribution in [0.4, 0.5) is 0 Å². The van der Waals surface area contributed by atoms with E-state index < -0.39 is 12.1 Å². The first-order valence-electron chi connectivity index (χ1n) is 11.3. The lowest BCUT2D eigenvalue weighted by molar-refractivity contribution is -0.256. The summed E-state index contributed by atoms with van der Waals surface area (Å²) in [4.78, 5) is 0. The summed E-state index contributed by atoms with van der Waals surface area (Å²) in [6.07, 6.45) is 0.493. The fraction of sp³-hybridized carbons (Fsp3) is 0.286. The molecule has 0 aliphatic carbocycles. The molecule has 1 aliphatic heterocycles. The number of ether oxygens (including phenoxy) is 3. The van der Waals surface area contributed by atoms with Crippen molar-refractivity contribution in [2.45, 2.75) is 44.2 Å². The molecule has 1 heterocycles. The first-order valence-corrected chi connectivity index (χ1v) is 11.3. The molecule has 5 heteroatoms. The third-order valence-electron chi connectivity index (χ3n) is 5.86. The van der Waals surface area contributed by atoms with Gasteiger partial charge in [0.25, 0.3) is 0 Å². The van der Waals surface area contributed by atoms with Crippen molar-refractivity contribution >= 4 is 0 Å². The molecule has 0 aromatic heterocycles. The van der Waals surface area contributed by atoms with Gasteiger partial charge in [0.15, 0.2) is 0 Å². The summed E-state index contributed by atoms with van der Waals surface area (Å²) < 4.78 is 19.0. The highest BCUT2D eigenvalue weighted by Gasteiger charge is 2.44. The van der Waals surface area contributed by atoms with Gasteiger partial charge in [-0.15, -0.1) is 6.58 Å². The van der Waals surface area contributed by atoms with Crippen molar-refractivity contribution < 1.29 is 19.4 Å². The number of hydrogen-bond acceptors (Lipinski definition) is 5. The highest BCUT2D eigenvalue weighted by Crippen LogP contribution is 2.28. The lowest BCUT2D eigenvalue weighted by Crippen LogP contribution is -2.61. The lowest BCUT2D eigenvalue weighted by atomic mass is 9.94. The monoisotopic (exact) mass is 445 g/mol. The van der Waals surface area contributed by atoms with E-state index in [2.05, 4.69) is 6.58 Å². The topological polar surface area (TPSA) is 51.2 Å². The average Bonchev–Trinajstić information content (AvgIpc) is 2.87. The molecule has 33 heavy (non-hydrogen) atoms. The first-order chi connectivity index (χ1) is 16.2. The van der Waals surface area contributed by atoms with Crippen molar-refractivity contribution in [3.8, 4) is 0 Å². The standard InChI is InChI=1S/C28H31NO4/c1-2-25-27(32-20-23-14-8-4-9-15-23)28(33-21-24-16-10-5-11-17-24)26(18-29(25)30)31-19-22-12-6-3-7-13-22/h2-17,25-28,30H,1,18-21H2/t25-,26+,27-,28-/m0/s1. The largest absolute Gasteiger partial charge is 0.369 e. The molecule has 1 saturated heterocycles. The zero-order valence-electron chi connectivity index (χ0n) is 18.7. The number of piperidine rings is 1. The van der Waals surface area contributed by atoms with Crippen LogP contribution in [0.1, 0.15) is 16.7 Å². The molecule has 0 unspecified atom stereocenters. The molecule has 1 fully saturated rings. The number of hydrogen-bond donors (Lipinski definition) is 1. The maximum Gasteiger partial charge on any atom is 0.113 e. The van der Waals surface area contributed by atoms with Crippen LogP contribution in [0.3, 0.4) is 0 Å². The Morgan fingerprint density at radius 1 is 0.697 bits per heavy atom. The van der Waals surface area contributed by atoms with Crippen LogP contribution >= 0.6 is 0 Å². The van der Waals surface area contributed by atoms with E-state index in [1.807, 2.05) is 91.0 Å². The molecular formula is C28H31NO4.